The van der Waals surface area contributed by atoms with Crippen LogP contribution in [0.3, 0.4) is 0 Å². The average Bonchev–Trinajstić information content (AvgIpc) is 3.30. The van der Waals surface area contributed by atoms with Crippen LogP contribution in [0.1, 0.15) is 40.5 Å². The van der Waals surface area contributed by atoms with Gasteiger partial charge in [-0.25, -0.2) is 9.02 Å². The standard InChI is InChI=1S/C19H18FN5O3S/c1-10-6-13(21-16(26)7-10)9-29-19-17(24-28-25-19)18(23-27)22-15-5-3-11-2-4-12(20)8-14(11)15/h2,4,6-8,15,27H,3,5,9H2,1H3,(H,21,26)(H,22,23). The molecule has 1 aliphatic rings. The average molecular weight is 415 g/mol. The van der Waals surface area contributed by atoms with Crippen LogP contribution in [0.2, 0.25) is 0 Å². The number of pyridine rings is 1. The van der Waals surface area contributed by atoms with E-state index < -0.39 is 0 Å². The molecule has 8 nitrogen and oxygen atoms in total. The number of hydroxylamine groups is 1. The Hall–Kier alpha value is -2.98. The van der Waals surface area contributed by atoms with Gasteiger partial charge in [0.05, 0.1) is 6.04 Å². The number of H-pyrrole nitrogens is 1. The van der Waals surface area contributed by atoms with E-state index in [1.54, 1.807) is 6.07 Å². The van der Waals surface area contributed by atoms with E-state index in [1.807, 2.05) is 13.0 Å². The molecule has 29 heavy (non-hydrogen) atoms. The summed E-state index contributed by atoms with van der Waals surface area (Å²) < 4.78 is 18.5. The van der Waals surface area contributed by atoms with Gasteiger partial charge in [-0.05, 0) is 65.0 Å². The van der Waals surface area contributed by atoms with Crippen molar-refractivity contribution in [3.05, 3.63) is 74.6 Å². The number of nitrogens with one attached hydrogen (secondary N) is 2. The lowest BCUT2D eigenvalue weighted by molar-refractivity contribution is 0.233. The summed E-state index contributed by atoms with van der Waals surface area (Å²) in [6.07, 6.45) is 1.48. The summed E-state index contributed by atoms with van der Waals surface area (Å²) in [6.45, 7) is 1.84. The highest BCUT2D eigenvalue weighted by Crippen LogP contribution is 2.35. The molecule has 150 valence electrons. The molecule has 0 bridgehead atoms. The molecule has 0 radical (unpaired) electrons. The van der Waals surface area contributed by atoms with E-state index in [9.17, 15) is 14.4 Å². The van der Waals surface area contributed by atoms with Gasteiger partial charge < -0.3 is 4.98 Å². The Morgan fingerprint density at radius 1 is 1.41 bits per heavy atom. The first-order valence-corrected chi connectivity index (χ1v) is 9.94. The van der Waals surface area contributed by atoms with Crippen LogP contribution in [0.25, 0.3) is 0 Å². The molecule has 0 amide bonds. The van der Waals surface area contributed by atoms with E-state index in [1.165, 1.54) is 30.0 Å². The molecule has 4 rings (SSSR count). The van der Waals surface area contributed by atoms with Gasteiger partial charge >= 0.3 is 0 Å². The lowest BCUT2D eigenvalue weighted by atomic mass is 10.1. The largest absolute Gasteiger partial charge is 0.325 e. The Labute approximate surface area is 169 Å². The molecule has 3 N–H and O–H groups in total. The molecule has 10 heteroatoms. The minimum Gasteiger partial charge on any atom is -0.325 e. The summed E-state index contributed by atoms with van der Waals surface area (Å²) in [6, 6.07) is 7.73. The van der Waals surface area contributed by atoms with Crippen molar-refractivity contribution in [1.82, 2.24) is 20.8 Å². The predicted molar refractivity (Wildman–Crippen MR) is 105 cm³/mol. The van der Waals surface area contributed by atoms with Crippen molar-refractivity contribution >= 4 is 17.6 Å². The Morgan fingerprint density at radius 2 is 2.28 bits per heavy atom. The molecule has 0 saturated heterocycles. The van der Waals surface area contributed by atoms with E-state index in [2.05, 4.69) is 25.8 Å². The van der Waals surface area contributed by atoms with Gasteiger partial charge in [-0.15, -0.1) is 0 Å². The highest BCUT2D eigenvalue weighted by molar-refractivity contribution is 7.98. The SMILES string of the molecule is Cc1cc(CSc2nonc2C(=NC2CCc3ccc(F)cc32)NO)[nH]c(=O)c1. The van der Waals surface area contributed by atoms with Crippen LogP contribution in [0.5, 0.6) is 0 Å². The fourth-order valence-corrected chi connectivity index (χ4v) is 4.19. The zero-order chi connectivity index (χ0) is 20.4. The first-order valence-electron chi connectivity index (χ1n) is 8.95. The molecule has 0 spiro atoms. The van der Waals surface area contributed by atoms with Crippen LogP contribution in [0.15, 0.2) is 49.8 Å². The van der Waals surface area contributed by atoms with Crippen LogP contribution in [-0.4, -0.2) is 26.3 Å². The van der Waals surface area contributed by atoms with Crippen molar-refractivity contribution in [2.24, 2.45) is 4.99 Å². The number of hydrogen-bond donors (Lipinski definition) is 3. The fraction of sp³-hybridized carbons (Fsp3) is 0.263. The first-order chi connectivity index (χ1) is 14.0. The van der Waals surface area contributed by atoms with Gasteiger partial charge in [-0.1, -0.05) is 17.8 Å². The van der Waals surface area contributed by atoms with Gasteiger partial charge in [-0.3, -0.25) is 20.5 Å². The maximum atomic E-state index is 13.6. The smallest absolute Gasteiger partial charge is 0.248 e. The second-order valence-electron chi connectivity index (χ2n) is 6.74. The number of hydrogen-bond acceptors (Lipinski definition) is 7. The topological polar surface area (TPSA) is 116 Å². The van der Waals surface area contributed by atoms with Gasteiger partial charge in [0.15, 0.2) is 16.6 Å². The third-order valence-corrected chi connectivity index (χ3v) is 5.63. The number of fused-ring (bicyclic) bond motifs is 1. The van der Waals surface area contributed by atoms with Crippen molar-refractivity contribution in [3.8, 4) is 0 Å². The summed E-state index contributed by atoms with van der Waals surface area (Å²) in [5.74, 6) is 0.193. The van der Waals surface area contributed by atoms with Crippen molar-refractivity contribution < 1.29 is 14.2 Å². The highest BCUT2D eigenvalue weighted by atomic mass is 32.2. The van der Waals surface area contributed by atoms with Crippen molar-refractivity contribution in [2.45, 2.75) is 36.6 Å². The highest BCUT2D eigenvalue weighted by Gasteiger charge is 2.25. The Morgan fingerprint density at radius 3 is 3.07 bits per heavy atom. The zero-order valence-corrected chi connectivity index (χ0v) is 16.3. The Kier molecular flexibility index (Phi) is 5.45. The monoisotopic (exact) mass is 415 g/mol. The van der Waals surface area contributed by atoms with E-state index in [4.69, 9.17) is 4.63 Å². The quantitative estimate of drug-likeness (QED) is 0.254. The van der Waals surface area contributed by atoms with Crippen LogP contribution in [0.4, 0.5) is 4.39 Å². The third-order valence-electron chi connectivity index (χ3n) is 4.64. The van der Waals surface area contributed by atoms with Crippen LogP contribution in [0, 0.1) is 12.7 Å². The summed E-state index contributed by atoms with van der Waals surface area (Å²) in [5.41, 5.74) is 5.54. The third kappa shape index (κ3) is 4.22. The molecular formula is C19H18FN5O3S. The minimum absolute atomic E-state index is 0.0913. The molecule has 1 aromatic carbocycles. The van der Waals surface area contributed by atoms with E-state index in [0.717, 1.165) is 28.8 Å². The van der Waals surface area contributed by atoms with Crippen LogP contribution >= 0.6 is 11.8 Å². The lowest BCUT2D eigenvalue weighted by Gasteiger charge is -2.09. The van der Waals surface area contributed by atoms with Crippen molar-refractivity contribution in [2.75, 3.05) is 0 Å². The molecule has 1 aliphatic carbocycles. The minimum atomic E-state index is -0.323. The lowest BCUT2D eigenvalue weighted by Crippen LogP contribution is -2.22. The number of aromatic nitrogens is 3. The number of thioether (sulfide) groups is 1. The van der Waals surface area contributed by atoms with Crippen LogP contribution < -0.4 is 11.0 Å². The number of amidine groups is 1. The molecule has 0 fully saturated rings. The number of rotatable bonds is 5. The molecule has 3 aromatic rings. The molecular weight excluding hydrogens is 397 g/mol. The number of nitrogens with zero attached hydrogens (tertiary/aromatic N) is 3. The van der Waals surface area contributed by atoms with Gasteiger partial charge in [-0.2, -0.15) is 0 Å². The molecule has 2 aromatic heterocycles. The number of aliphatic imine (C=N–C) groups is 1. The second kappa shape index (κ2) is 8.18. The molecule has 1 unspecified atom stereocenters. The first kappa shape index (κ1) is 19.3. The number of aromatic amines is 1. The summed E-state index contributed by atoms with van der Waals surface area (Å²) >= 11 is 1.28. The number of aryl methyl sites for hydroxylation is 2. The van der Waals surface area contributed by atoms with Crippen molar-refractivity contribution in [1.29, 1.82) is 0 Å². The molecule has 2 heterocycles. The normalized spacial score (nSPS) is 16.1. The molecule has 1 atom stereocenters. The zero-order valence-electron chi connectivity index (χ0n) is 15.5. The fourth-order valence-electron chi connectivity index (χ4n) is 3.38. The summed E-state index contributed by atoms with van der Waals surface area (Å²) in [5, 5.41) is 17.7. The van der Waals surface area contributed by atoms with Crippen molar-refractivity contribution in [3.63, 3.8) is 0 Å². The second-order valence-corrected chi connectivity index (χ2v) is 7.71. The maximum absolute atomic E-state index is 13.6. The van der Waals surface area contributed by atoms with Gasteiger partial charge in [0.2, 0.25) is 5.56 Å². The summed E-state index contributed by atoms with van der Waals surface area (Å²) in [4.78, 5) is 18.9. The molecule has 0 saturated carbocycles. The Bertz CT molecular complexity index is 1130. The van der Waals surface area contributed by atoms with Gasteiger partial charge in [0.1, 0.15) is 5.82 Å². The predicted octanol–water partition coefficient (Wildman–Crippen LogP) is 2.91. The van der Waals surface area contributed by atoms with Gasteiger partial charge in [0, 0.05) is 17.5 Å². The van der Waals surface area contributed by atoms with E-state index in [-0.39, 0.29) is 28.9 Å². The number of benzene rings is 1. The summed E-state index contributed by atoms with van der Waals surface area (Å²) in [7, 11) is 0. The number of halogens is 1. The Balaban J connectivity index is 1.57. The maximum Gasteiger partial charge on any atom is 0.248 e. The van der Waals surface area contributed by atoms with E-state index >= 15 is 0 Å². The van der Waals surface area contributed by atoms with Crippen LogP contribution in [-0.2, 0) is 12.2 Å². The van der Waals surface area contributed by atoms with E-state index in [0.29, 0.717) is 17.2 Å². The van der Waals surface area contributed by atoms with Gasteiger partial charge in [0.25, 0.3) is 0 Å². The molecule has 0 aliphatic heterocycles.